The Hall–Kier alpha value is 0.348. The van der Waals surface area contributed by atoms with Crippen LogP contribution in [-0.4, -0.2) is 11.0 Å². The van der Waals surface area contributed by atoms with Gasteiger partial charge in [0.2, 0.25) is 0 Å². The summed E-state index contributed by atoms with van der Waals surface area (Å²) in [6.45, 7) is 9.42. The van der Waals surface area contributed by atoms with Crippen LogP contribution in [0.2, 0.25) is 0 Å². The number of rotatable bonds is 2. The molecule has 0 aromatic rings. The van der Waals surface area contributed by atoms with E-state index in [0.717, 1.165) is 17.8 Å². The van der Waals surface area contributed by atoms with E-state index in [1.165, 1.54) is 12.8 Å². The summed E-state index contributed by atoms with van der Waals surface area (Å²) in [5, 5.41) is 0. The largest absolute Gasteiger partial charge is 0.412 e. The van der Waals surface area contributed by atoms with Crippen LogP contribution in [0, 0.1) is 17.8 Å². The topological polar surface area (TPSA) is 63.0 Å². The van der Waals surface area contributed by atoms with Crippen molar-refractivity contribution in [1.82, 2.24) is 0 Å². The maximum Gasteiger partial charge on any atom is -0.412 e. The zero-order chi connectivity index (χ0) is 9.30. The molecule has 1 aliphatic rings. The van der Waals surface area contributed by atoms with Gasteiger partial charge in [-0.2, -0.15) is 0 Å². The van der Waals surface area contributed by atoms with E-state index < -0.39 is 0 Å². The summed E-state index contributed by atoms with van der Waals surface area (Å²) >= 11 is 1.71. The van der Waals surface area contributed by atoms with Crippen LogP contribution >= 0.6 is 0 Å². The molecule has 2 nitrogen and oxygen atoms in total. The standard InChI is InChI=1S/C11H19.2H2O.W/c1-8(2)10-6-5-7-11(10)9(3)4;;;/h8-10H,5-6H2,1-4H3;2*1H2;. The third kappa shape index (κ3) is 3.49. The van der Waals surface area contributed by atoms with Crippen LogP contribution in [0.25, 0.3) is 0 Å². The van der Waals surface area contributed by atoms with E-state index in [0.29, 0.717) is 0 Å². The summed E-state index contributed by atoms with van der Waals surface area (Å²) in [7, 11) is 0. The van der Waals surface area contributed by atoms with Crippen molar-refractivity contribution in [3.05, 3.63) is 9.54 Å². The summed E-state index contributed by atoms with van der Waals surface area (Å²) < 4.78 is 1.75. The molecule has 1 atom stereocenters. The second-order valence-corrected chi connectivity index (χ2v) is 6.19. The van der Waals surface area contributed by atoms with Crippen LogP contribution in [0.1, 0.15) is 40.5 Å². The maximum atomic E-state index is 2.36. The van der Waals surface area contributed by atoms with Gasteiger partial charge < -0.3 is 11.0 Å². The molecule has 14 heavy (non-hydrogen) atoms. The first-order chi connectivity index (χ1) is 5.54. The van der Waals surface area contributed by atoms with Gasteiger partial charge in [-0.1, -0.05) is 0 Å². The van der Waals surface area contributed by atoms with Gasteiger partial charge in [0.1, 0.15) is 0 Å². The van der Waals surface area contributed by atoms with E-state index in [-0.39, 0.29) is 11.0 Å². The van der Waals surface area contributed by atoms with Gasteiger partial charge in [0.25, 0.3) is 0 Å². The summed E-state index contributed by atoms with van der Waals surface area (Å²) in [5.74, 6) is 2.53. The first-order valence-electron chi connectivity index (χ1n) is 4.94. The molecule has 0 heterocycles. The monoisotopic (exact) mass is 371 g/mol. The minimum absolute atomic E-state index is 0. The maximum absolute atomic E-state index is 2.36. The molecule has 85 valence electrons. The smallest absolute Gasteiger partial charge is 0.412 e. The van der Waals surface area contributed by atoms with Crippen LogP contribution in [0.3, 0.4) is 0 Å². The van der Waals surface area contributed by atoms with Crippen LogP contribution in [0.5, 0.6) is 0 Å². The minimum atomic E-state index is 0. The fourth-order valence-corrected chi connectivity index (χ4v) is 4.05. The second kappa shape index (κ2) is 6.76. The van der Waals surface area contributed by atoms with Gasteiger partial charge >= 0.3 is 87.6 Å². The fraction of sp³-hybridized carbons (Fsp3) is 0.818. The molecule has 3 heteroatoms. The number of hydrogen-bond acceptors (Lipinski definition) is 0. The molecule has 0 spiro atoms. The van der Waals surface area contributed by atoms with Crippen molar-refractivity contribution in [2.24, 2.45) is 17.8 Å². The van der Waals surface area contributed by atoms with E-state index in [2.05, 4.69) is 27.7 Å². The van der Waals surface area contributed by atoms with Crippen molar-refractivity contribution in [1.29, 1.82) is 0 Å². The second-order valence-electron chi connectivity index (χ2n) is 4.42. The van der Waals surface area contributed by atoms with E-state index in [1.54, 1.807) is 29.3 Å². The summed E-state index contributed by atoms with van der Waals surface area (Å²) in [6, 6.07) is 0. The van der Waals surface area contributed by atoms with Crippen LogP contribution in [0.15, 0.2) is 9.54 Å². The van der Waals surface area contributed by atoms with Gasteiger partial charge in [0.15, 0.2) is 0 Å². The molecule has 1 rings (SSSR count). The molecule has 0 radical (unpaired) electrons. The fourth-order valence-electron chi connectivity index (χ4n) is 2.24. The Morgan fingerprint density at radius 2 is 1.64 bits per heavy atom. The van der Waals surface area contributed by atoms with Crippen molar-refractivity contribution >= 4 is 0 Å². The average Bonchev–Trinajstić information content (AvgIpc) is 2.30. The molecule has 0 saturated carbocycles. The molecule has 0 aromatic carbocycles. The minimum Gasteiger partial charge on any atom is -0.412 e. The zero-order valence-corrected chi connectivity index (χ0v) is 12.5. The van der Waals surface area contributed by atoms with Gasteiger partial charge in [-0.25, -0.2) is 0 Å². The number of allylic oxidation sites excluding steroid dienone is 2. The predicted octanol–water partition coefficient (Wildman–Crippen LogP) is 1.86. The van der Waals surface area contributed by atoms with E-state index in [4.69, 9.17) is 0 Å². The van der Waals surface area contributed by atoms with Crippen LogP contribution in [-0.2, 0) is 19.8 Å². The SMILES string of the molecule is CC(C)C1=[C]([W])CCC1C(C)C.O.O. The molecule has 0 amide bonds. The van der Waals surface area contributed by atoms with Crippen molar-refractivity contribution < 1.29 is 30.8 Å². The third-order valence-corrected chi connectivity index (χ3v) is 4.41. The van der Waals surface area contributed by atoms with Crippen molar-refractivity contribution in [3.8, 4) is 0 Å². The number of hydrogen-bond donors (Lipinski definition) is 0. The Morgan fingerprint density at radius 3 is 1.93 bits per heavy atom. The Morgan fingerprint density at radius 1 is 1.14 bits per heavy atom. The molecule has 0 bridgehead atoms. The summed E-state index contributed by atoms with van der Waals surface area (Å²) in [5.41, 5.74) is 1.79. The zero-order valence-electron chi connectivity index (χ0n) is 9.55. The average molecular weight is 371 g/mol. The quantitative estimate of drug-likeness (QED) is 0.712. The van der Waals surface area contributed by atoms with E-state index in [1.807, 2.05) is 0 Å². The first kappa shape index (κ1) is 16.8. The molecule has 0 aliphatic heterocycles. The molecule has 1 aliphatic carbocycles. The Balaban J connectivity index is 0. The van der Waals surface area contributed by atoms with Crippen molar-refractivity contribution in [2.45, 2.75) is 40.5 Å². The predicted molar refractivity (Wildman–Crippen MR) is 56.7 cm³/mol. The van der Waals surface area contributed by atoms with Gasteiger partial charge in [-0.3, -0.25) is 0 Å². The van der Waals surface area contributed by atoms with Crippen LogP contribution in [0.4, 0.5) is 0 Å². The van der Waals surface area contributed by atoms with Gasteiger partial charge in [-0.05, 0) is 0 Å². The molecular weight excluding hydrogens is 348 g/mol. The van der Waals surface area contributed by atoms with Gasteiger partial charge in [0.05, 0.1) is 0 Å². The Bertz CT molecular complexity index is 197. The Kier molecular flexibility index (Phi) is 8.10. The van der Waals surface area contributed by atoms with Gasteiger partial charge in [0, 0.05) is 0 Å². The molecule has 0 saturated heterocycles. The Labute approximate surface area is 98.7 Å². The molecule has 0 aromatic heterocycles. The molecule has 1 unspecified atom stereocenters. The molecular formula is C11H23O2W. The van der Waals surface area contributed by atoms with E-state index in [9.17, 15) is 0 Å². The van der Waals surface area contributed by atoms with Crippen LogP contribution < -0.4 is 0 Å². The third-order valence-electron chi connectivity index (χ3n) is 2.83. The molecule has 0 fully saturated rings. The van der Waals surface area contributed by atoms with E-state index >= 15 is 0 Å². The van der Waals surface area contributed by atoms with Crippen molar-refractivity contribution in [2.75, 3.05) is 0 Å². The summed E-state index contributed by atoms with van der Waals surface area (Å²) in [6.07, 6.45) is 2.80. The van der Waals surface area contributed by atoms with Crippen molar-refractivity contribution in [3.63, 3.8) is 0 Å². The van der Waals surface area contributed by atoms with Gasteiger partial charge in [-0.15, -0.1) is 0 Å². The molecule has 4 N–H and O–H groups in total. The first-order valence-corrected chi connectivity index (χ1v) is 6.40. The normalized spacial score (nSPS) is 21.1. The summed E-state index contributed by atoms with van der Waals surface area (Å²) in [4.78, 5) is 0.